The van der Waals surface area contributed by atoms with Crippen LogP contribution in [0.2, 0.25) is 0 Å². The molecule has 0 spiro atoms. The maximum Gasteiger partial charge on any atom is 0.405 e. The van der Waals surface area contributed by atoms with Gasteiger partial charge in [-0.05, 0) is 6.92 Å². The molecule has 15 heavy (non-hydrogen) atoms. The molecule has 0 amide bonds. The van der Waals surface area contributed by atoms with Gasteiger partial charge in [0.1, 0.15) is 6.04 Å². The summed E-state index contributed by atoms with van der Waals surface area (Å²) in [5.74, 6) is 0.748. The normalized spacial score (nSPS) is 31.6. The van der Waals surface area contributed by atoms with Crippen molar-refractivity contribution >= 4 is 11.8 Å². The molecule has 1 saturated heterocycles. The summed E-state index contributed by atoms with van der Waals surface area (Å²) in [5, 5.41) is 0.232. The van der Waals surface area contributed by atoms with E-state index in [1.54, 1.807) is 11.8 Å². The van der Waals surface area contributed by atoms with Crippen LogP contribution >= 0.6 is 11.8 Å². The molecular formula is C9H17F3N2S. The van der Waals surface area contributed by atoms with E-state index < -0.39 is 12.2 Å². The van der Waals surface area contributed by atoms with E-state index in [4.69, 9.17) is 5.73 Å². The molecule has 0 saturated carbocycles. The molecule has 0 bridgehead atoms. The molecule has 1 aliphatic heterocycles. The first kappa shape index (κ1) is 13.1. The predicted molar refractivity (Wildman–Crippen MR) is 57.0 cm³/mol. The zero-order valence-corrected chi connectivity index (χ0v) is 9.74. The highest BCUT2D eigenvalue weighted by atomic mass is 32.2. The van der Waals surface area contributed by atoms with Crippen LogP contribution in [0.3, 0.4) is 0 Å². The van der Waals surface area contributed by atoms with E-state index in [0.29, 0.717) is 6.54 Å². The van der Waals surface area contributed by atoms with E-state index in [2.05, 4.69) is 0 Å². The van der Waals surface area contributed by atoms with Gasteiger partial charge < -0.3 is 5.73 Å². The van der Waals surface area contributed by atoms with Gasteiger partial charge >= 0.3 is 6.18 Å². The first-order chi connectivity index (χ1) is 6.88. The Labute approximate surface area is 92.4 Å². The van der Waals surface area contributed by atoms with Gasteiger partial charge in [0.25, 0.3) is 0 Å². The lowest BCUT2D eigenvalue weighted by Crippen LogP contribution is -2.58. The maximum absolute atomic E-state index is 12.7. The summed E-state index contributed by atoms with van der Waals surface area (Å²) in [7, 11) is 0. The molecule has 0 radical (unpaired) electrons. The van der Waals surface area contributed by atoms with Crippen LogP contribution in [-0.2, 0) is 0 Å². The summed E-state index contributed by atoms with van der Waals surface area (Å²) in [6.07, 6.45) is -4.22. The van der Waals surface area contributed by atoms with Gasteiger partial charge in [-0.1, -0.05) is 6.92 Å². The molecule has 1 heterocycles. The number of nitrogens with two attached hydrogens (primary N) is 1. The van der Waals surface area contributed by atoms with E-state index >= 15 is 0 Å². The fourth-order valence-corrected chi connectivity index (χ4v) is 2.98. The molecule has 2 N–H and O–H groups in total. The van der Waals surface area contributed by atoms with Crippen LogP contribution < -0.4 is 5.73 Å². The minimum Gasteiger partial charge on any atom is -0.329 e. The van der Waals surface area contributed by atoms with Crippen molar-refractivity contribution in [2.45, 2.75) is 37.4 Å². The molecular weight excluding hydrogens is 225 g/mol. The first-order valence-corrected chi connectivity index (χ1v) is 6.07. The molecule has 3 atom stereocenters. The minimum absolute atomic E-state index is 0.0704. The molecule has 0 aromatic carbocycles. The fraction of sp³-hybridized carbons (Fsp3) is 1.00. The summed E-state index contributed by atoms with van der Waals surface area (Å²) in [6.45, 7) is 3.92. The van der Waals surface area contributed by atoms with Gasteiger partial charge in [0.2, 0.25) is 0 Å². The largest absolute Gasteiger partial charge is 0.405 e. The van der Waals surface area contributed by atoms with Crippen molar-refractivity contribution in [2.24, 2.45) is 5.73 Å². The van der Waals surface area contributed by atoms with Crippen molar-refractivity contribution in [3.05, 3.63) is 0 Å². The molecule has 1 aliphatic rings. The van der Waals surface area contributed by atoms with E-state index in [0.717, 1.165) is 5.75 Å². The average Bonchev–Trinajstić information content (AvgIpc) is 2.11. The SMILES string of the molecule is CC1SCCN(C(CN)C(F)(F)F)C1C. The second-order valence-electron chi connectivity index (χ2n) is 3.85. The van der Waals surface area contributed by atoms with Crippen LogP contribution in [-0.4, -0.2) is 47.3 Å². The smallest absolute Gasteiger partial charge is 0.329 e. The minimum atomic E-state index is -4.22. The third-order valence-electron chi connectivity index (χ3n) is 2.93. The third kappa shape index (κ3) is 3.01. The predicted octanol–water partition coefficient (Wildman–Crippen LogP) is 1.70. The second kappa shape index (κ2) is 4.93. The van der Waals surface area contributed by atoms with Crippen molar-refractivity contribution < 1.29 is 13.2 Å². The lowest BCUT2D eigenvalue weighted by Gasteiger charge is -2.42. The highest BCUT2D eigenvalue weighted by Crippen LogP contribution is 2.31. The average molecular weight is 242 g/mol. The maximum atomic E-state index is 12.7. The van der Waals surface area contributed by atoms with Gasteiger partial charge in [0.15, 0.2) is 0 Å². The van der Waals surface area contributed by atoms with Gasteiger partial charge in [-0.25, -0.2) is 0 Å². The molecule has 0 aliphatic carbocycles. The van der Waals surface area contributed by atoms with Crippen molar-refractivity contribution in [3.8, 4) is 0 Å². The summed E-state index contributed by atoms with van der Waals surface area (Å²) in [6, 6.07) is -1.56. The Morgan fingerprint density at radius 3 is 2.53 bits per heavy atom. The van der Waals surface area contributed by atoms with Crippen LogP contribution in [0.15, 0.2) is 0 Å². The van der Waals surface area contributed by atoms with Gasteiger partial charge in [0, 0.05) is 30.1 Å². The summed E-state index contributed by atoms with van der Waals surface area (Å²) in [4.78, 5) is 1.49. The Bertz CT molecular complexity index is 210. The molecule has 90 valence electrons. The van der Waals surface area contributed by atoms with Gasteiger partial charge in [-0.2, -0.15) is 24.9 Å². The number of hydrogen-bond acceptors (Lipinski definition) is 3. The first-order valence-electron chi connectivity index (χ1n) is 5.02. The van der Waals surface area contributed by atoms with Crippen molar-refractivity contribution in [2.75, 3.05) is 18.8 Å². The van der Waals surface area contributed by atoms with E-state index in [9.17, 15) is 13.2 Å². The third-order valence-corrected chi connectivity index (χ3v) is 4.27. The molecule has 0 aromatic heterocycles. The lowest BCUT2D eigenvalue weighted by atomic mass is 10.1. The van der Waals surface area contributed by atoms with E-state index in [-0.39, 0.29) is 17.8 Å². The molecule has 1 rings (SSSR count). The number of thioether (sulfide) groups is 1. The Morgan fingerprint density at radius 1 is 1.47 bits per heavy atom. The standard InChI is InChI=1S/C9H17F3N2S/c1-6-7(2)15-4-3-14(6)8(5-13)9(10,11)12/h6-8H,3-5,13H2,1-2H3. The molecule has 2 nitrogen and oxygen atoms in total. The summed E-state index contributed by atoms with van der Waals surface area (Å²) < 4.78 is 38.0. The van der Waals surface area contributed by atoms with Gasteiger partial charge in [-0.3, -0.25) is 4.90 Å². The van der Waals surface area contributed by atoms with Gasteiger partial charge in [0.05, 0.1) is 0 Å². The van der Waals surface area contributed by atoms with Crippen LogP contribution in [0.1, 0.15) is 13.8 Å². The lowest BCUT2D eigenvalue weighted by molar-refractivity contribution is -0.185. The number of rotatable bonds is 2. The summed E-state index contributed by atoms with van der Waals surface area (Å²) in [5.41, 5.74) is 5.23. The van der Waals surface area contributed by atoms with E-state index in [1.807, 2.05) is 13.8 Å². The highest BCUT2D eigenvalue weighted by molar-refractivity contribution is 8.00. The van der Waals surface area contributed by atoms with Crippen LogP contribution in [0.5, 0.6) is 0 Å². The molecule has 1 fully saturated rings. The summed E-state index contributed by atoms with van der Waals surface area (Å²) >= 11 is 1.72. The highest BCUT2D eigenvalue weighted by Gasteiger charge is 2.45. The van der Waals surface area contributed by atoms with E-state index in [1.165, 1.54) is 4.90 Å². The van der Waals surface area contributed by atoms with Gasteiger partial charge in [-0.15, -0.1) is 0 Å². The van der Waals surface area contributed by atoms with Crippen molar-refractivity contribution in [3.63, 3.8) is 0 Å². The topological polar surface area (TPSA) is 29.3 Å². The number of hydrogen-bond donors (Lipinski definition) is 1. The quantitative estimate of drug-likeness (QED) is 0.799. The number of nitrogens with zero attached hydrogens (tertiary/aromatic N) is 1. The van der Waals surface area contributed by atoms with Crippen LogP contribution in [0.25, 0.3) is 0 Å². The van der Waals surface area contributed by atoms with Crippen LogP contribution in [0, 0.1) is 0 Å². The molecule has 3 unspecified atom stereocenters. The second-order valence-corrected chi connectivity index (χ2v) is 5.33. The van der Waals surface area contributed by atoms with Crippen molar-refractivity contribution in [1.29, 1.82) is 0 Å². The zero-order chi connectivity index (χ0) is 11.6. The zero-order valence-electron chi connectivity index (χ0n) is 8.92. The Hall–Kier alpha value is 0.0600. The number of alkyl halides is 3. The Kier molecular flexibility index (Phi) is 4.31. The number of halogens is 3. The fourth-order valence-electron chi connectivity index (χ4n) is 1.85. The Morgan fingerprint density at radius 2 is 2.07 bits per heavy atom. The van der Waals surface area contributed by atoms with Crippen LogP contribution in [0.4, 0.5) is 13.2 Å². The monoisotopic (exact) mass is 242 g/mol. The molecule has 6 heteroatoms. The van der Waals surface area contributed by atoms with Crippen molar-refractivity contribution in [1.82, 2.24) is 4.90 Å². The molecule has 0 aromatic rings. The Balaban J connectivity index is 2.75.